The Hall–Kier alpha value is 0.161. The van der Waals surface area contributed by atoms with Crippen LogP contribution in [0.15, 0.2) is 0 Å². The average molecular weight is 398 g/mol. The molecule has 1 atom stereocenters. The summed E-state index contributed by atoms with van der Waals surface area (Å²) >= 11 is 0. The fraction of sp³-hybridized carbons (Fsp3) is 1.00. The first-order valence-corrected chi connectivity index (χ1v) is 13.5. The smallest absolute Gasteiger partial charge is 0.389 e. The SMILES string of the molecule is C[Si]1(C)O[SiH2]O[Si](C)(CCC(F)(F)F)O1.NC(CO)(CO)CO. The van der Waals surface area contributed by atoms with Crippen LogP contribution in [0.2, 0.25) is 25.7 Å². The Morgan fingerprint density at radius 2 is 1.48 bits per heavy atom. The van der Waals surface area contributed by atoms with Gasteiger partial charge in [-0.2, -0.15) is 13.2 Å². The Labute approximate surface area is 138 Å². The van der Waals surface area contributed by atoms with Gasteiger partial charge in [-0.05, 0) is 25.7 Å². The van der Waals surface area contributed by atoms with Crippen molar-refractivity contribution < 1.29 is 40.8 Å². The van der Waals surface area contributed by atoms with Crippen LogP contribution in [-0.4, -0.2) is 74.0 Å². The lowest BCUT2D eigenvalue weighted by Crippen LogP contribution is -2.57. The van der Waals surface area contributed by atoms with Gasteiger partial charge in [0.25, 0.3) is 10.0 Å². The van der Waals surface area contributed by atoms with Crippen molar-refractivity contribution in [3.8, 4) is 0 Å². The highest BCUT2D eigenvalue weighted by Crippen LogP contribution is 2.30. The van der Waals surface area contributed by atoms with Gasteiger partial charge >= 0.3 is 23.3 Å². The number of nitrogens with two attached hydrogens (primary N) is 1. The summed E-state index contributed by atoms with van der Waals surface area (Å²) in [7, 11) is -5.93. The summed E-state index contributed by atoms with van der Waals surface area (Å²) in [6.45, 7) is 4.19. The van der Waals surface area contributed by atoms with Crippen molar-refractivity contribution in [1.29, 1.82) is 0 Å². The lowest BCUT2D eigenvalue weighted by molar-refractivity contribution is -0.131. The lowest BCUT2D eigenvalue weighted by atomic mass is 10.1. The molecule has 0 bridgehead atoms. The number of rotatable bonds is 5. The molecule has 1 heterocycles. The monoisotopic (exact) mass is 397 g/mol. The van der Waals surface area contributed by atoms with Crippen LogP contribution in [0.3, 0.4) is 0 Å². The molecule has 1 aliphatic heterocycles. The summed E-state index contributed by atoms with van der Waals surface area (Å²) in [5, 5.41) is 25.0. The van der Waals surface area contributed by atoms with Crippen LogP contribution in [0.4, 0.5) is 13.2 Å². The molecule has 0 aromatic carbocycles. The van der Waals surface area contributed by atoms with Gasteiger partial charge in [-0.25, -0.2) is 0 Å². The van der Waals surface area contributed by atoms with Crippen molar-refractivity contribution in [3.05, 3.63) is 0 Å². The summed E-state index contributed by atoms with van der Waals surface area (Å²) in [5.74, 6) is 0. The minimum Gasteiger partial charge on any atom is -0.420 e. The quantitative estimate of drug-likeness (QED) is 0.460. The third-order valence-electron chi connectivity index (χ3n) is 3.04. The number of hydrogen-bond donors (Lipinski definition) is 4. The van der Waals surface area contributed by atoms with Gasteiger partial charge in [0.15, 0.2) is 0 Å². The highest BCUT2D eigenvalue weighted by Gasteiger charge is 2.45. The number of halogens is 3. The van der Waals surface area contributed by atoms with Gasteiger partial charge in [-0.15, -0.1) is 0 Å². The number of aliphatic hydroxyl groups is 3. The van der Waals surface area contributed by atoms with E-state index in [9.17, 15) is 13.2 Å². The predicted molar refractivity (Wildman–Crippen MR) is 84.6 cm³/mol. The van der Waals surface area contributed by atoms with Crippen LogP contribution in [0, 0.1) is 0 Å². The minimum atomic E-state index is -4.13. The highest BCUT2D eigenvalue weighted by atomic mass is 28.5. The van der Waals surface area contributed by atoms with Crippen LogP contribution < -0.4 is 5.73 Å². The molecule has 0 aliphatic carbocycles. The molecule has 1 rings (SSSR count). The van der Waals surface area contributed by atoms with Crippen LogP contribution in [0.1, 0.15) is 6.42 Å². The molecule has 1 saturated heterocycles. The number of alkyl halides is 3. The molecule has 7 nitrogen and oxygen atoms in total. The lowest BCUT2D eigenvalue weighted by Gasteiger charge is -2.40. The second-order valence-electron chi connectivity index (χ2n) is 5.99. The van der Waals surface area contributed by atoms with E-state index >= 15 is 0 Å². The van der Waals surface area contributed by atoms with Gasteiger partial charge in [0, 0.05) is 6.42 Å². The first-order chi connectivity index (χ1) is 10.3. The standard InChI is InChI=1S/C6H15F3O3Si3.C4H11NO3/c1-14(2)10-13-11-15(3,12-14)5-4-6(7,8)9;5-4(1-6,2-7)3-8/h4-5,13H2,1-3H3;6-8H,1-3,5H2. The van der Waals surface area contributed by atoms with E-state index in [0.717, 1.165) is 0 Å². The van der Waals surface area contributed by atoms with Crippen molar-refractivity contribution in [2.75, 3.05) is 19.8 Å². The van der Waals surface area contributed by atoms with E-state index in [1.54, 1.807) is 6.55 Å². The maximum atomic E-state index is 12.1. The largest absolute Gasteiger partial charge is 0.420 e. The van der Waals surface area contributed by atoms with Gasteiger partial charge in [0.1, 0.15) is 0 Å². The van der Waals surface area contributed by atoms with E-state index in [0.29, 0.717) is 0 Å². The Balaban J connectivity index is 0.000000515. The first-order valence-electron chi connectivity index (χ1n) is 6.97. The number of aliphatic hydroxyl groups excluding tert-OH is 3. The van der Waals surface area contributed by atoms with Crippen LogP contribution in [0.25, 0.3) is 0 Å². The van der Waals surface area contributed by atoms with E-state index in [1.807, 2.05) is 13.1 Å². The fourth-order valence-electron chi connectivity index (χ4n) is 1.52. The summed E-state index contributed by atoms with van der Waals surface area (Å²) < 4.78 is 52.6. The van der Waals surface area contributed by atoms with Gasteiger partial charge in [0.2, 0.25) is 0 Å². The first kappa shape index (κ1) is 23.2. The highest BCUT2D eigenvalue weighted by molar-refractivity contribution is 6.85. The molecule has 0 radical (unpaired) electrons. The molecule has 1 fully saturated rings. The zero-order valence-electron chi connectivity index (χ0n) is 13.5. The van der Waals surface area contributed by atoms with E-state index in [-0.39, 0.29) is 6.04 Å². The molecule has 0 spiro atoms. The maximum Gasteiger partial charge on any atom is 0.389 e. The summed E-state index contributed by atoms with van der Waals surface area (Å²) in [5.41, 5.74) is 3.94. The molecule has 0 saturated carbocycles. The summed E-state index contributed by atoms with van der Waals surface area (Å²) in [6.07, 6.45) is -4.96. The van der Waals surface area contributed by atoms with Crippen LogP contribution >= 0.6 is 0 Å². The van der Waals surface area contributed by atoms with Gasteiger partial charge in [0.05, 0.1) is 25.4 Å². The average Bonchev–Trinajstić information content (AvgIpc) is 2.43. The Morgan fingerprint density at radius 1 is 1.00 bits per heavy atom. The normalized spacial score (nSPS) is 25.8. The Morgan fingerprint density at radius 3 is 1.78 bits per heavy atom. The van der Waals surface area contributed by atoms with E-state index in [2.05, 4.69) is 0 Å². The van der Waals surface area contributed by atoms with Crippen molar-refractivity contribution in [3.63, 3.8) is 0 Å². The molecular formula is C10H26F3NO6Si3. The number of hydrogen-bond acceptors (Lipinski definition) is 7. The van der Waals surface area contributed by atoms with E-state index in [4.69, 9.17) is 33.4 Å². The van der Waals surface area contributed by atoms with E-state index in [1.165, 1.54) is 0 Å². The molecule has 0 aromatic heterocycles. The molecule has 1 aliphatic rings. The predicted octanol–water partition coefficient (Wildman–Crippen LogP) is -0.564. The molecule has 13 heteroatoms. The third kappa shape index (κ3) is 9.90. The van der Waals surface area contributed by atoms with Crippen molar-refractivity contribution in [2.24, 2.45) is 5.73 Å². The van der Waals surface area contributed by atoms with E-state index < -0.39 is 65.1 Å². The summed E-state index contributed by atoms with van der Waals surface area (Å²) in [6, 6.07) is -0.0245. The second-order valence-corrected chi connectivity index (χ2v) is 14.9. The van der Waals surface area contributed by atoms with Crippen molar-refractivity contribution in [2.45, 2.75) is 43.8 Å². The Kier molecular flexibility index (Phi) is 9.09. The second kappa shape index (κ2) is 9.02. The molecule has 0 amide bonds. The van der Waals surface area contributed by atoms with Gasteiger partial charge in [-0.1, -0.05) is 0 Å². The molecular weight excluding hydrogens is 371 g/mol. The van der Waals surface area contributed by atoms with Crippen molar-refractivity contribution >= 4 is 27.1 Å². The van der Waals surface area contributed by atoms with Crippen LogP contribution in [0.5, 0.6) is 0 Å². The zero-order valence-corrected chi connectivity index (χ0v) is 16.9. The fourth-order valence-corrected chi connectivity index (χ4v) is 11.8. The zero-order chi connectivity index (χ0) is 18.4. The molecule has 5 N–H and O–H groups in total. The molecule has 23 heavy (non-hydrogen) atoms. The van der Waals surface area contributed by atoms with Crippen LogP contribution in [-0.2, 0) is 12.3 Å². The van der Waals surface area contributed by atoms with Gasteiger partial charge < -0.3 is 33.4 Å². The molecule has 1 unspecified atom stereocenters. The minimum absolute atomic E-state index is 0.0245. The molecule has 140 valence electrons. The summed E-state index contributed by atoms with van der Waals surface area (Å²) in [4.78, 5) is 0. The topological polar surface area (TPSA) is 114 Å². The van der Waals surface area contributed by atoms with Gasteiger partial charge in [-0.3, -0.25) is 0 Å². The maximum absolute atomic E-state index is 12.1. The molecule has 0 aromatic rings. The third-order valence-corrected chi connectivity index (χ3v) is 14.1. The Bertz CT molecular complexity index is 351. The van der Waals surface area contributed by atoms with Crippen molar-refractivity contribution in [1.82, 2.24) is 0 Å².